The normalized spacial score (nSPS) is 16.8. The summed E-state index contributed by atoms with van der Waals surface area (Å²) in [5.74, 6) is 0.0786. The number of Topliss-reactive ketones (excluding diaryl/α,β-unsaturated/α-hetero) is 1. The Morgan fingerprint density at radius 1 is 1.00 bits per heavy atom. The molecular formula is C30H40N2O6. The predicted molar refractivity (Wildman–Crippen MR) is 148 cm³/mol. The molecule has 1 saturated heterocycles. The van der Waals surface area contributed by atoms with Crippen LogP contribution in [0.3, 0.4) is 0 Å². The molecule has 0 spiro atoms. The van der Waals surface area contributed by atoms with Gasteiger partial charge in [0.1, 0.15) is 11.5 Å². The standard InChI is InChI=1S/C30H40N2O6/c1-6-10-18-38-23-13-11-12-22(19-23)28(33)26-27(21-14-15-24(37-9-4)25(20-21)36-5)32(30(35)29(26)34)17-16-31(7-2)8-3/h11-15,19-20,27,33H,6-10,16-18H2,1-5H3. The molecule has 1 amide bonds. The second-order valence-electron chi connectivity index (χ2n) is 9.09. The van der Waals surface area contributed by atoms with Crippen LogP contribution in [0.15, 0.2) is 48.0 Å². The zero-order valence-corrected chi connectivity index (χ0v) is 23.2. The summed E-state index contributed by atoms with van der Waals surface area (Å²) in [5, 5.41) is 11.4. The summed E-state index contributed by atoms with van der Waals surface area (Å²) in [6.07, 6.45) is 1.91. The number of carbonyl (C=O) groups excluding carboxylic acids is 2. The third kappa shape index (κ3) is 6.48. The summed E-state index contributed by atoms with van der Waals surface area (Å²) in [7, 11) is 1.54. The first-order valence-corrected chi connectivity index (χ1v) is 13.4. The first-order valence-electron chi connectivity index (χ1n) is 13.4. The Labute approximate surface area is 225 Å². The van der Waals surface area contributed by atoms with Gasteiger partial charge in [0, 0.05) is 18.7 Å². The molecule has 0 radical (unpaired) electrons. The van der Waals surface area contributed by atoms with Gasteiger partial charge in [0.15, 0.2) is 11.5 Å². The number of unbranched alkanes of at least 4 members (excludes halogenated alkanes) is 1. The summed E-state index contributed by atoms with van der Waals surface area (Å²) in [6, 6.07) is 11.6. The SMILES string of the molecule is CCCCOc1cccc(C(O)=C2C(=O)C(=O)N(CCN(CC)CC)C2c2ccc(OCC)c(OC)c2)c1. The molecular weight excluding hydrogens is 484 g/mol. The Kier molecular flexibility index (Phi) is 10.6. The van der Waals surface area contributed by atoms with Gasteiger partial charge in [-0.3, -0.25) is 9.59 Å². The van der Waals surface area contributed by atoms with Crippen molar-refractivity contribution in [3.8, 4) is 17.2 Å². The minimum absolute atomic E-state index is 0.0477. The van der Waals surface area contributed by atoms with Crippen molar-refractivity contribution in [3.05, 3.63) is 59.2 Å². The molecule has 38 heavy (non-hydrogen) atoms. The van der Waals surface area contributed by atoms with E-state index in [0.717, 1.165) is 25.9 Å². The first-order chi connectivity index (χ1) is 18.4. The lowest BCUT2D eigenvalue weighted by Gasteiger charge is -2.28. The third-order valence-electron chi connectivity index (χ3n) is 6.77. The van der Waals surface area contributed by atoms with Crippen molar-refractivity contribution in [1.82, 2.24) is 9.80 Å². The topological polar surface area (TPSA) is 88.5 Å². The maximum absolute atomic E-state index is 13.4. The lowest BCUT2D eigenvalue weighted by atomic mass is 9.95. The average molecular weight is 525 g/mol. The quantitative estimate of drug-likeness (QED) is 0.160. The van der Waals surface area contributed by atoms with Gasteiger partial charge in [0.05, 0.1) is 31.9 Å². The lowest BCUT2D eigenvalue weighted by Crippen LogP contribution is -2.38. The van der Waals surface area contributed by atoms with E-state index in [2.05, 4.69) is 25.7 Å². The molecule has 2 aromatic carbocycles. The molecule has 1 aliphatic rings. The van der Waals surface area contributed by atoms with Gasteiger partial charge in [-0.05, 0) is 56.3 Å². The van der Waals surface area contributed by atoms with Crippen molar-refractivity contribution in [2.24, 2.45) is 0 Å². The van der Waals surface area contributed by atoms with Crippen molar-refractivity contribution in [1.29, 1.82) is 0 Å². The van der Waals surface area contributed by atoms with Crippen LogP contribution in [0.5, 0.6) is 17.2 Å². The Morgan fingerprint density at radius 3 is 2.42 bits per heavy atom. The number of hydrogen-bond acceptors (Lipinski definition) is 7. The Hall–Kier alpha value is -3.52. The highest BCUT2D eigenvalue weighted by Gasteiger charge is 2.46. The third-order valence-corrected chi connectivity index (χ3v) is 6.77. The van der Waals surface area contributed by atoms with Crippen LogP contribution in [-0.4, -0.2) is 73.1 Å². The maximum Gasteiger partial charge on any atom is 0.295 e. The molecule has 0 aromatic heterocycles. The van der Waals surface area contributed by atoms with Crippen LogP contribution in [0.4, 0.5) is 0 Å². The first kappa shape index (κ1) is 29.0. The summed E-state index contributed by atoms with van der Waals surface area (Å²) < 4.78 is 17.0. The zero-order chi connectivity index (χ0) is 27.7. The zero-order valence-electron chi connectivity index (χ0n) is 23.2. The number of rotatable bonds is 14. The molecule has 1 heterocycles. The van der Waals surface area contributed by atoms with Crippen LogP contribution < -0.4 is 14.2 Å². The molecule has 3 rings (SSSR count). The number of likely N-dealkylation sites (tertiary alicyclic amines) is 1. The number of likely N-dealkylation sites (N-methyl/N-ethyl adjacent to an activating group) is 1. The highest BCUT2D eigenvalue weighted by Crippen LogP contribution is 2.42. The number of aliphatic hydroxyl groups excluding tert-OH is 1. The number of amides is 1. The Bertz CT molecular complexity index is 1140. The number of benzene rings is 2. The van der Waals surface area contributed by atoms with Crippen LogP contribution in [0.2, 0.25) is 0 Å². The fraction of sp³-hybridized carbons (Fsp3) is 0.467. The predicted octanol–water partition coefficient (Wildman–Crippen LogP) is 5.04. The highest BCUT2D eigenvalue weighted by atomic mass is 16.5. The van der Waals surface area contributed by atoms with E-state index >= 15 is 0 Å². The molecule has 1 atom stereocenters. The Balaban J connectivity index is 2.10. The second-order valence-corrected chi connectivity index (χ2v) is 9.09. The maximum atomic E-state index is 13.4. The van der Waals surface area contributed by atoms with Crippen LogP contribution in [-0.2, 0) is 9.59 Å². The lowest BCUT2D eigenvalue weighted by molar-refractivity contribution is -0.140. The van der Waals surface area contributed by atoms with Gasteiger partial charge in [-0.25, -0.2) is 0 Å². The van der Waals surface area contributed by atoms with Gasteiger partial charge in [-0.2, -0.15) is 0 Å². The number of aliphatic hydroxyl groups is 1. The van der Waals surface area contributed by atoms with E-state index in [0.29, 0.717) is 54.7 Å². The van der Waals surface area contributed by atoms with E-state index in [1.165, 1.54) is 0 Å². The van der Waals surface area contributed by atoms with E-state index < -0.39 is 17.7 Å². The van der Waals surface area contributed by atoms with Crippen LogP contribution in [0.25, 0.3) is 5.76 Å². The van der Waals surface area contributed by atoms with Gasteiger partial charge >= 0.3 is 0 Å². The summed E-state index contributed by atoms with van der Waals surface area (Å²) in [6.45, 7) is 11.7. The van der Waals surface area contributed by atoms with Crippen molar-refractivity contribution in [2.45, 2.75) is 46.6 Å². The molecule has 0 saturated carbocycles. The fourth-order valence-corrected chi connectivity index (χ4v) is 4.60. The molecule has 8 heteroatoms. The van der Waals surface area contributed by atoms with Crippen molar-refractivity contribution in [2.75, 3.05) is 46.5 Å². The second kappa shape index (κ2) is 13.9. The number of ketones is 1. The molecule has 1 unspecified atom stereocenters. The van der Waals surface area contributed by atoms with Crippen molar-refractivity contribution >= 4 is 17.4 Å². The van der Waals surface area contributed by atoms with Crippen molar-refractivity contribution < 1.29 is 28.9 Å². The summed E-state index contributed by atoms with van der Waals surface area (Å²) >= 11 is 0. The van der Waals surface area contributed by atoms with E-state index in [1.54, 1.807) is 42.3 Å². The van der Waals surface area contributed by atoms with E-state index in [-0.39, 0.29) is 11.3 Å². The molecule has 2 aromatic rings. The molecule has 206 valence electrons. The average Bonchev–Trinajstić information content (AvgIpc) is 3.19. The number of methoxy groups -OCH3 is 1. The molecule has 1 N–H and O–H groups in total. The summed E-state index contributed by atoms with van der Waals surface area (Å²) in [4.78, 5) is 30.5. The van der Waals surface area contributed by atoms with E-state index in [9.17, 15) is 14.7 Å². The molecule has 8 nitrogen and oxygen atoms in total. The monoisotopic (exact) mass is 524 g/mol. The molecule has 0 aliphatic carbocycles. The number of ether oxygens (including phenoxy) is 3. The van der Waals surface area contributed by atoms with E-state index in [4.69, 9.17) is 14.2 Å². The molecule has 1 aliphatic heterocycles. The highest BCUT2D eigenvalue weighted by molar-refractivity contribution is 6.46. The molecule has 0 bridgehead atoms. The Morgan fingerprint density at radius 2 is 1.76 bits per heavy atom. The van der Waals surface area contributed by atoms with Gasteiger partial charge < -0.3 is 29.1 Å². The van der Waals surface area contributed by atoms with Gasteiger partial charge in [0.2, 0.25) is 0 Å². The van der Waals surface area contributed by atoms with Gasteiger partial charge in [0.25, 0.3) is 11.7 Å². The molecule has 1 fully saturated rings. The van der Waals surface area contributed by atoms with E-state index in [1.807, 2.05) is 19.1 Å². The minimum Gasteiger partial charge on any atom is -0.507 e. The van der Waals surface area contributed by atoms with Crippen LogP contribution >= 0.6 is 0 Å². The van der Waals surface area contributed by atoms with Crippen LogP contribution in [0.1, 0.15) is 57.7 Å². The number of nitrogens with zero attached hydrogens (tertiary/aromatic N) is 2. The number of carbonyl (C=O) groups is 2. The van der Waals surface area contributed by atoms with Crippen LogP contribution in [0, 0.1) is 0 Å². The van der Waals surface area contributed by atoms with Gasteiger partial charge in [-0.15, -0.1) is 0 Å². The smallest absolute Gasteiger partial charge is 0.295 e. The minimum atomic E-state index is -0.778. The van der Waals surface area contributed by atoms with Gasteiger partial charge in [-0.1, -0.05) is 45.4 Å². The summed E-state index contributed by atoms with van der Waals surface area (Å²) in [5.41, 5.74) is 1.12. The largest absolute Gasteiger partial charge is 0.507 e. The fourth-order valence-electron chi connectivity index (χ4n) is 4.60. The number of hydrogen-bond donors (Lipinski definition) is 1. The van der Waals surface area contributed by atoms with Crippen molar-refractivity contribution in [3.63, 3.8) is 0 Å².